The highest BCUT2D eigenvalue weighted by atomic mass is 16.5. The first-order valence-electron chi connectivity index (χ1n) is 13.7. The zero-order chi connectivity index (χ0) is 23.3. The van der Waals surface area contributed by atoms with Crippen molar-refractivity contribution in [3.63, 3.8) is 0 Å². The van der Waals surface area contributed by atoms with Crippen LogP contribution < -0.4 is 4.74 Å². The molecule has 1 aliphatic rings. The molecule has 1 aromatic heterocycles. The number of hydrogen-bond acceptors (Lipinski definition) is 3. The van der Waals surface area contributed by atoms with Gasteiger partial charge in [0.25, 0.3) is 0 Å². The van der Waals surface area contributed by atoms with Crippen LogP contribution in [0.1, 0.15) is 109 Å². The van der Waals surface area contributed by atoms with Crippen LogP contribution in [0.25, 0.3) is 11.1 Å². The standard InChI is InChI=1S/C30H46N2O/c1-4-6-7-8-9-10-11-13-25-14-16-26(17-15-25)23-33-29-19-18-27(20-24(29)3)28-21-31-30(12-5-2)32-22-28/h18-22,25-26H,4-17,23H2,1-3H3. The molecule has 0 atom stereocenters. The summed E-state index contributed by atoms with van der Waals surface area (Å²) in [5, 5.41) is 0. The summed E-state index contributed by atoms with van der Waals surface area (Å²) >= 11 is 0. The number of aryl methyl sites for hydroxylation is 2. The molecule has 3 heteroatoms. The summed E-state index contributed by atoms with van der Waals surface area (Å²) in [5.74, 6) is 3.63. The molecule has 33 heavy (non-hydrogen) atoms. The minimum Gasteiger partial charge on any atom is -0.493 e. The second kappa shape index (κ2) is 14.4. The van der Waals surface area contributed by atoms with Crippen molar-refractivity contribution >= 4 is 0 Å². The molecule has 1 heterocycles. The quantitative estimate of drug-likeness (QED) is 0.270. The lowest BCUT2D eigenvalue weighted by atomic mass is 9.80. The summed E-state index contributed by atoms with van der Waals surface area (Å²) in [5.41, 5.74) is 3.43. The minimum absolute atomic E-state index is 0.717. The summed E-state index contributed by atoms with van der Waals surface area (Å²) in [4.78, 5) is 8.99. The molecule has 0 unspecified atom stereocenters. The Bertz CT molecular complexity index is 793. The van der Waals surface area contributed by atoms with E-state index in [1.54, 1.807) is 0 Å². The van der Waals surface area contributed by atoms with E-state index in [-0.39, 0.29) is 0 Å². The van der Waals surface area contributed by atoms with Gasteiger partial charge >= 0.3 is 0 Å². The molecule has 0 amide bonds. The molecule has 0 aliphatic heterocycles. The summed E-state index contributed by atoms with van der Waals surface area (Å²) < 4.78 is 6.27. The third kappa shape index (κ3) is 8.76. The Balaban J connectivity index is 1.36. The molecule has 0 spiro atoms. The number of hydrogen-bond donors (Lipinski definition) is 0. The highest BCUT2D eigenvalue weighted by molar-refractivity contribution is 5.64. The first kappa shape index (κ1) is 25.7. The van der Waals surface area contributed by atoms with E-state index in [1.165, 1.54) is 82.6 Å². The summed E-state index contributed by atoms with van der Waals surface area (Å²) in [6.45, 7) is 7.45. The van der Waals surface area contributed by atoms with Gasteiger partial charge in [-0.2, -0.15) is 0 Å². The fraction of sp³-hybridized carbons (Fsp3) is 0.667. The molecule has 2 aromatic rings. The monoisotopic (exact) mass is 450 g/mol. The molecule has 0 radical (unpaired) electrons. The number of benzene rings is 1. The number of unbranched alkanes of at least 4 members (excludes halogenated alkanes) is 6. The second-order valence-electron chi connectivity index (χ2n) is 10.2. The fourth-order valence-corrected chi connectivity index (χ4v) is 5.13. The Morgan fingerprint density at radius 1 is 0.788 bits per heavy atom. The SMILES string of the molecule is CCCCCCCCCC1CCC(COc2ccc(-c3cnc(CCC)nc3)cc2C)CC1. The van der Waals surface area contributed by atoms with Crippen molar-refractivity contribution in [3.05, 3.63) is 42.0 Å². The minimum atomic E-state index is 0.717. The smallest absolute Gasteiger partial charge is 0.128 e. The molecule has 0 N–H and O–H groups in total. The third-order valence-electron chi connectivity index (χ3n) is 7.34. The Hall–Kier alpha value is -1.90. The molecule has 0 bridgehead atoms. The molecule has 0 saturated heterocycles. The average Bonchev–Trinajstić information content (AvgIpc) is 2.84. The highest BCUT2D eigenvalue weighted by Gasteiger charge is 2.21. The van der Waals surface area contributed by atoms with Gasteiger partial charge in [-0.15, -0.1) is 0 Å². The molecular weight excluding hydrogens is 404 g/mol. The maximum Gasteiger partial charge on any atom is 0.128 e. The van der Waals surface area contributed by atoms with Crippen LogP contribution in [0.3, 0.4) is 0 Å². The molecule has 1 aromatic carbocycles. The highest BCUT2D eigenvalue weighted by Crippen LogP contribution is 2.33. The Kier molecular flexibility index (Phi) is 11.2. The van der Waals surface area contributed by atoms with Gasteiger partial charge in [0.05, 0.1) is 6.61 Å². The van der Waals surface area contributed by atoms with Crippen molar-refractivity contribution in [1.82, 2.24) is 9.97 Å². The van der Waals surface area contributed by atoms with Gasteiger partial charge in [-0.1, -0.05) is 84.1 Å². The Morgan fingerprint density at radius 3 is 2.12 bits per heavy atom. The van der Waals surface area contributed by atoms with Gasteiger partial charge in [-0.05, 0) is 61.3 Å². The van der Waals surface area contributed by atoms with Crippen molar-refractivity contribution in [2.45, 2.75) is 111 Å². The van der Waals surface area contributed by atoms with E-state index in [9.17, 15) is 0 Å². The number of ether oxygens (including phenoxy) is 1. The number of rotatable bonds is 14. The predicted molar refractivity (Wildman–Crippen MR) is 140 cm³/mol. The summed E-state index contributed by atoms with van der Waals surface area (Å²) in [6.07, 6.45) is 22.8. The van der Waals surface area contributed by atoms with E-state index in [1.807, 2.05) is 12.4 Å². The lowest BCUT2D eigenvalue weighted by molar-refractivity contribution is 0.177. The van der Waals surface area contributed by atoms with Gasteiger partial charge in [0.15, 0.2) is 0 Å². The van der Waals surface area contributed by atoms with E-state index < -0.39 is 0 Å². The third-order valence-corrected chi connectivity index (χ3v) is 7.34. The van der Waals surface area contributed by atoms with Crippen LogP contribution in [0.2, 0.25) is 0 Å². The van der Waals surface area contributed by atoms with E-state index >= 15 is 0 Å². The first-order chi connectivity index (χ1) is 16.2. The van der Waals surface area contributed by atoms with E-state index in [2.05, 4.69) is 48.9 Å². The van der Waals surface area contributed by atoms with Crippen LogP contribution >= 0.6 is 0 Å². The molecule has 182 valence electrons. The van der Waals surface area contributed by atoms with Crippen LogP contribution in [0.4, 0.5) is 0 Å². The van der Waals surface area contributed by atoms with E-state index in [0.29, 0.717) is 5.92 Å². The fourth-order valence-electron chi connectivity index (χ4n) is 5.13. The van der Waals surface area contributed by atoms with Crippen molar-refractivity contribution in [2.24, 2.45) is 11.8 Å². The maximum absolute atomic E-state index is 6.27. The van der Waals surface area contributed by atoms with Gasteiger partial charge < -0.3 is 4.74 Å². The molecule has 1 saturated carbocycles. The summed E-state index contributed by atoms with van der Waals surface area (Å²) in [6, 6.07) is 6.46. The van der Waals surface area contributed by atoms with Gasteiger partial charge in [0, 0.05) is 24.4 Å². The molecule has 3 nitrogen and oxygen atoms in total. The Morgan fingerprint density at radius 2 is 1.45 bits per heavy atom. The van der Waals surface area contributed by atoms with Crippen LogP contribution in [0, 0.1) is 18.8 Å². The van der Waals surface area contributed by atoms with Crippen LogP contribution in [0.15, 0.2) is 30.6 Å². The zero-order valence-electron chi connectivity index (χ0n) is 21.5. The van der Waals surface area contributed by atoms with Crippen LogP contribution in [-0.2, 0) is 6.42 Å². The van der Waals surface area contributed by atoms with Crippen molar-refractivity contribution in [3.8, 4) is 16.9 Å². The van der Waals surface area contributed by atoms with Gasteiger partial charge in [-0.3, -0.25) is 0 Å². The van der Waals surface area contributed by atoms with Crippen molar-refractivity contribution in [1.29, 1.82) is 0 Å². The Labute approximate surface area is 202 Å². The number of aromatic nitrogens is 2. The molecule has 3 rings (SSSR count). The largest absolute Gasteiger partial charge is 0.493 e. The lowest BCUT2D eigenvalue weighted by Crippen LogP contribution is -2.20. The normalized spacial score (nSPS) is 18.4. The maximum atomic E-state index is 6.27. The average molecular weight is 451 g/mol. The molecular formula is C30H46N2O. The summed E-state index contributed by atoms with van der Waals surface area (Å²) in [7, 11) is 0. The van der Waals surface area contributed by atoms with E-state index in [4.69, 9.17) is 4.74 Å². The van der Waals surface area contributed by atoms with E-state index in [0.717, 1.165) is 48.1 Å². The van der Waals surface area contributed by atoms with Crippen LogP contribution in [0.5, 0.6) is 5.75 Å². The van der Waals surface area contributed by atoms with Gasteiger partial charge in [-0.25, -0.2) is 9.97 Å². The van der Waals surface area contributed by atoms with Crippen LogP contribution in [-0.4, -0.2) is 16.6 Å². The number of nitrogens with zero attached hydrogens (tertiary/aromatic N) is 2. The molecule has 1 fully saturated rings. The molecule has 1 aliphatic carbocycles. The van der Waals surface area contributed by atoms with Crippen molar-refractivity contribution < 1.29 is 4.74 Å². The van der Waals surface area contributed by atoms with Gasteiger partial charge in [0.2, 0.25) is 0 Å². The first-order valence-corrected chi connectivity index (χ1v) is 13.7. The predicted octanol–water partition coefficient (Wildman–Crippen LogP) is 8.73. The zero-order valence-corrected chi connectivity index (χ0v) is 21.5. The van der Waals surface area contributed by atoms with Gasteiger partial charge in [0.1, 0.15) is 11.6 Å². The topological polar surface area (TPSA) is 35.0 Å². The second-order valence-corrected chi connectivity index (χ2v) is 10.2. The lowest BCUT2D eigenvalue weighted by Gasteiger charge is -2.28. The van der Waals surface area contributed by atoms with Crippen molar-refractivity contribution in [2.75, 3.05) is 6.61 Å².